The molecule has 2 fully saturated rings. The van der Waals surface area contributed by atoms with Gasteiger partial charge < -0.3 is 4.74 Å². The van der Waals surface area contributed by atoms with Crippen LogP contribution < -0.4 is 0 Å². The van der Waals surface area contributed by atoms with Crippen molar-refractivity contribution in [2.45, 2.75) is 32.1 Å². The van der Waals surface area contributed by atoms with Crippen LogP contribution >= 0.6 is 0 Å². The fourth-order valence-corrected chi connectivity index (χ4v) is 3.64. The van der Waals surface area contributed by atoms with Crippen LogP contribution in [0.5, 0.6) is 0 Å². The molecule has 2 heteroatoms. The van der Waals surface area contributed by atoms with Crippen LogP contribution in [0.15, 0.2) is 12.7 Å². The minimum atomic E-state index is -0.198. The summed E-state index contributed by atoms with van der Waals surface area (Å²) in [5, 5.41) is 0. The number of carbonyl (C=O) groups excluding carboxylic acids is 1. The van der Waals surface area contributed by atoms with E-state index in [1.807, 2.05) is 6.08 Å². The molecular weight excluding hydrogens is 176 g/mol. The Morgan fingerprint density at radius 2 is 1.93 bits per heavy atom. The molecule has 0 aromatic heterocycles. The molecular formula is C12H18O2. The zero-order valence-corrected chi connectivity index (χ0v) is 8.79. The Kier molecular flexibility index (Phi) is 2.38. The molecule has 2 aliphatic carbocycles. The standard InChI is InChI=1S/C12H18O2/c1-3-8-12(11(13)14-2)9-4-5-10(12)7-6-9/h3,9-10H,1,4-8H2,2H3. The maximum atomic E-state index is 11.9. The van der Waals surface area contributed by atoms with Crippen LogP contribution in [-0.4, -0.2) is 13.1 Å². The Labute approximate surface area is 85.3 Å². The number of esters is 1. The maximum Gasteiger partial charge on any atom is 0.312 e. The van der Waals surface area contributed by atoms with Gasteiger partial charge in [0, 0.05) is 0 Å². The van der Waals surface area contributed by atoms with Crippen molar-refractivity contribution in [3.63, 3.8) is 0 Å². The normalized spacial score (nSPS) is 39.8. The number of hydrogen-bond acceptors (Lipinski definition) is 2. The Hall–Kier alpha value is -0.790. The highest BCUT2D eigenvalue weighted by atomic mass is 16.5. The largest absolute Gasteiger partial charge is 0.469 e. The van der Waals surface area contributed by atoms with E-state index in [2.05, 4.69) is 6.58 Å². The first-order valence-corrected chi connectivity index (χ1v) is 5.45. The van der Waals surface area contributed by atoms with Gasteiger partial charge in [-0.2, -0.15) is 0 Å². The van der Waals surface area contributed by atoms with Gasteiger partial charge in [0.1, 0.15) is 0 Å². The quantitative estimate of drug-likeness (QED) is 0.510. The molecule has 2 nitrogen and oxygen atoms in total. The van der Waals surface area contributed by atoms with Crippen LogP contribution in [0.1, 0.15) is 32.1 Å². The van der Waals surface area contributed by atoms with Crippen molar-refractivity contribution in [3.05, 3.63) is 12.7 Å². The average molecular weight is 194 g/mol. The van der Waals surface area contributed by atoms with Gasteiger partial charge >= 0.3 is 5.97 Å². The number of allylic oxidation sites excluding steroid dienone is 1. The van der Waals surface area contributed by atoms with Gasteiger partial charge in [0.25, 0.3) is 0 Å². The molecule has 0 unspecified atom stereocenters. The lowest BCUT2D eigenvalue weighted by Crippen LogP contribution is -2.36. The van der Waals surface area contributed by atoms with E-state index in [1.54, 1.807) is 0 Å². The smallest absolute Gasteiger partial charge is 0.312 e. The second-order valence-electron chi connectivity index (χ2n) is 4.57. The summed E-state index contributed by atoms with van der Waals surface area (Å²) in [6.45, 7) is 3.77. The van der Waals surface area contributed by atoms with E-state index in [0.29, 0.717) is 11.8 Å². The molecule has 2 saturated carbocycles. The van der Waals surface area contributed by atoms with E-state index in [9.17, 15) is 4.79 Å². The molecule has 0 amide bonds. The number of hydrogen-bond donors (Lipinski definition) is 0. The first-order valence-electron chi connectivity index (χ1n) is 5.45. The van der Waals surface area contributed by atoms with E-state index < -0.39 is 0 Å². The van der Waals surface area contributed by atoms with Crippen LogP contribution in [0.3, 0.4) is 0 Å². The molecule has 0 saturated heterocycles. The molecule has 0 aromatic carbocycles. The minimum Gasteiger partial charge on any atom is -0.469 e. The van der Waals surface area contributed by atoms with Crippen molar-refractivity contribution in [3.8, 4) is 0 Å². The predicted octanol–water partition coefficient (Wildman–Crippen LogP) is 2.54. The highest BCUT2D eigenvalue weighted by Crippen LogP contribution is 2.60. The molecule has 0 atom stereocenters. The molecule has 0 N–H and O–H groups in total. The van der Waals surface area contributed by atoms with Crippen molar-refractivity contribution in [2.75, 3.05) is 7.11 Å². The Morgan fingerprint density at radius 1 is 1.43 bits per heavy atom. The van der Waals surface area contributed by atoms with Crippen LogP contribution in [0.4, 0.5) is 0 Å². The van der Waals surface area contributed by atoms with Gasteiger partial charge in [-0.05, 0) is 43.9 Å². The van der Waals surface area contributed by atoms with E-state index in [0.717, 1.165) is 6.42 Å². The third-order valence-corrected chi connectivity index (χ3v) is 4.23. The second kappa shape index (κ2) is 3.41. The van der Waals surface area contributed by atoms with Crippen molar-refractivity contribution in [2.24, 2.45) is 17.3 Å². The van der Waals surface area contributed by atoms with Crippen molar-refractivity contribution >= 4 is 5.97 Å². The zero-order chi connectivity index (χ0) is 10.2. The zero-order valence-electron chi connectivity index (χ0n) is 8.79. The van der Waals surface area contributed by atoms with Crippen molar-refractivity contribution < 1.29 is 9.53 Å². The molecule has 78 valence electrons. The summed E-state index contributed by atoms with van der Waals surface area (Å²) in [5.41, 5.74) is -0.198. The van der Waals surface area contributed by atoms with Gasteiger partial charge in [0.2, 0.25) is 0 Å². The van der Waals surface area contributed by atoms with Crippen molar-refractivity contribution in [1.82, 2.24) is 0 Å². The number of methoxy groups -OCH3 is 1. The van der Waals surface area contributed by atoms with Gasteiger partial charge in [-0.3, -0.25) is 4.79 Å². The number of fused-ring (bicyclic) bond motifs is 2. The summed E-state index contributed by atoms with van der Waals surface area (Å²) >= 11 is 0. The Morgan fingerprint density at radius 3 is 2.29 bits per heavy atom. The molecule has 14 heavy (non-hydrogen) atoms. The highest BCUT2D eigenvalue weighted by Gasteiger charge is 2.58. The van der Waals surface area contributed by atoms with Gasteiger partial charge in [0.15, 0.2) is 0 Å². The predicted molar refractivity (Wildman–Crippen MR) is 54.7 cm³/mol. The monoisotopic (exact) mass is 194 g/mol. The maximum absolute atomic E-state index is 11.9. The van der Waals surface area contributed by atoms with E-state index >= 15 is 0 Å². The number of carbonyl (C=O) groups is 1. The fraction of sp³-hybridized carbons (Fsp3) is 0.750. The summed E-state index contributed by atoms with van der Waals surface area (Å²) in [4.78, 5) is 11.9. The van der Waals surface area contributed by atoms with Crippen LogP contribution in [0.25, 0.3) is 0 Å². The lowest BCUT2D eigenvalue weighted by molar-refractivity contribution is -0.155. The molecule has 2 aliphatic rings. The SMILES string of the molecule is C=CCC1(C(=O)OC)C2CCC1CC2. The Bertz CT molecular complexity index is 237. The lowest BCUT2D eigenvalue weighted by atomic mass is 9.75. The first-order chi connectivity index (χ1) is 6.75. The summed E-state index contributed by atoms with van der Waals surface area (Å²) in [5.74, 6) is 1.11. The number of rotatable bonds is 3. The molecule has 0 radical (unpaired) electrons. The molecule has 0 spiro atoms. The molecule has 2 rings (SSSR count). The van der Waals surface area contributed by atoms with Gasteiger partial charge in [-0.25, -0.2) is 0 Å². The fourth-order valence-electron chi connectivity index (χ4n) is 3.64. The summed E-state index contributed by atoms with van der Waals surface area (Å²) in [6.07, 6.45) is 7.49. The van der Waals surface area contributed by atoms with E-state index in [1.165, 1.54) is 32.8 Å². The summed E-state index contributed by atoms with van der Waals surface area (Å²) < 4.78 is 4.98. The summed E-state index contributed by atoms with van der Waals surface area (Å²) in [6, 6.07) is 0. The van der Waals surface area contributed by atoms with Gasteiger partial charge in [-0.1, -0.05) is 6.08 Å². The van der Waals surface area contributed by atoms with Crippen molar-refractivity contribution in [1.29, 1.82) is 0 Å². The van der Waals surface area contributed by atoms with Crippen LogP contribution in [-0.2, 0) is 9.53 Å². The van der Waals surface area contributed by atoms with Gasteiger partial charge in [0.05, 0.1) is 12.5 Å². The minimum absolute atomic E-state index is 0.00222. The second-order valence-corrected chi connectivity index (χ2v) is 4.57. The van der Waals surface area contributed by atoms with Crippen LogP contribution in [0.2, 0.25) is 0 Å². The molecule has 0 aliphatic heterocycles. The number of ether oxygens (including phenoxy) is 1. The topological polar surface area (TPSA) is 26.3 Å². The van der Waals surface area contributed by atoms with Crippen LogP contribution in [0, 0.1) is 17.3 Å². The third-order valence-electron chi connectivity index (χ3n) is 4.23. The summed E-state index contributed by atoms with van der Waals surface area (Å²) in [7, 11) is 1.50. The third kappa shape index (κ3) is 1.06. The highest BCUT2D eigenvalue weighted by molar-refractivity contribution is 5.78. The molecule has 2 bridgehead atoms. The van der Waals surface area contributed by atoms with Gasteiger partial charge in [-0.15, -0.1) is 6.58 Å². The Balaban J connectivity index is 2.31. The average Bonchev–Trinajstić information content (AvgIpc) is 2.74. The molecule has 0 heterocycles. The van der Waals surface area contributed by atoms with E-state index in [4.69, 9.17) is 4.74 Å². The van der Waals surface area contributed by atoms with E-state index in [-0.39, 0.29) is 11.4 Å². The molecule has 0 aromatic rings. The lowest BCUT2D eigenvalue weighted by Gasteiger charge is -2.30. The first kappa shape index (κ1) is 9.75.